The van der Waals surface area contributed by atoms with Crippen molar-refractivity contribution in [3.05, 3.63) is 121 Å². The Labute approximate surface area is 203 Å². The molecule has 4 aromatic rings. The third kappa shape index (κ3) is 7.43. The Morgan fingerprint density at radius 3 is 2.00 bits per heavy atom. The predicted molar refractivity (Wildman–Crippen MR) is 133 cm³/mol. The van der Waals surface area contributed by atoms with Crippen LogP contribution in [0.1, 0.15) is 11.1 Å². The van der Waals surface area contributed by atoms with E-state index in [4.69, 9.17) is 9.47 Å². The average Bonchev–Trinajstić information content (AvgIpc) is 2.90. The van der Waals surface area contributed by atoms with Gasteiger partial charge in [-0.25, -0.2) is 4.79 Å². The first-order chi connectivity index (χ1) is 17.2. The number of nitrogens with one attached hydrogen (secondary N) is 2. The normalized spacial score (nSPS) is 11.2. The number of carbonyl (C=O) groups is 2. The van der Waals surface area contributed by atoms with Crippen molar-refractivity contribution in [2.75, 3.05) is 5.32 Å². The van der Waals surface area contributed by atoms with Crippen LogP contribution in [-0.2, 0) is 22.6 Å². The second kappa shape index (κ2) is 12.0. The molecule has 1 aromatic heterocycles. The number of alkyl carbamates (subject to hydrolysis) is 1. The van der Waals surface area contributed by atoms with E-state index in [1.54, 1.807) is 48.8 Å². The predicted octanol–water partition coefficient (Wildman–Crippen LogP) is 5.35. The van der Waals surface area contributed by atoms with Crippen LogP contribution in [0, 0.1) is 0 Å². The quantitative estimate of drug-likeness (QED) is 0.346. The van der Waals surface area contributed by atoms with Crippen LogP contribution in [0.15, 0.2) is 109 Å². The summed E-state index contributed by atoms with van der Waals surface area (Å²) in [6.07, 6.45) is 2.95. The van der Waals surface area contributed by atoms with Gasteiger partial charge in [-0.05, 0) is 47.5 Å². The number of pyridine rings is 1. The van der Waals surface area contributed by atoms with Crippen LogP contribution in [0.2, 0.25) is 0 Å². The topological polar surface area (TPSA) is 89.6 Å². The molecule has 2 amide bonds. The smallest absolute Gasteiger partial charge is 0.408 e. The number of hydrogen-bond donors (Lipinski definition) is 2. The maximum Gasteiger partial charge on any atom is 0.408 e. The maximum atomic E-state index is 13.1. The van der Waals surface area contributed by atoms with Crippen molar-refractivity contribution >= 4 is 17.7 Å². The molecule has 7 nitrogen and oxygen atoms in total. The van der Waals surface area contributed by atoms with Crippen molar-refractivity contribution in [3.63, 3.8) is 0 Å². The summed E-state index contributed by atoms with van der Waals surface area (Å²) in [6.45, 7) is 0.116. The summed E-state index contributed by atoms with van der Waals surface area (Å²) in [5.74, 6) is 0.934. The lowest BCUT2D eigenvalue weighted by Crippen LogP contribution is -2.45. The summed E-state index contributed by atoms with van der Waals surface area (Å²) >= 11 is 0. The lowest BCUT2D eigenvalue weighted by Gasteiger charge is -2.19. The van der Waals surface area contributed by atoms with E-state index in [9.17, 15) is 9.59 Å². The van der Waals surface area contributed by atoms with E-state index >= 15 is 0 Å². The van der Waals surface area contributed by atoms with Gasteiger partial charge in [-0.15, -0.1) is 0 Å². The van der Waals surface area contributed by atoms with Gasteiger partial charge in [0.25, 0.3) is 0 Å². The van der Waals surface area contributed by atoms with E-state index < -0.39 is 12.1 Å². The number of hydrogen-bond acceptors (Lipinski definition) is 5. The molecule has 0 saturated heterocycles. The zero-order valence-corrected chi connectivity index (χ0v) is 19.0. The number of nitrogens with zero attached hydrogens (tertiary/aromatic N) is 1. The fraction of sp³-hybridized carbons (Fsp3) is 0.107. The van der Waals surface area contributed by atoms with E-state index in [0.29, 0.717) is 23.6 Å². The minimum absolute atomic E-state index is 0.116. The van der Waals surface area contributed by atoms with Crippen LogP contribution in [0.4, 0.5) is 10.5 Å². The van der Waals surface area contributed by atoms with Crippen LogP contribution in [0.3, 0.4) is 0 Å². The third-order valence-electron chi connectivity index (χ3n) is 5.11. The van der Waals surface area contributed by atoms with Crippen LogP contribution in [0.5, 0.6) is 11.5 Å². The third-order valence-corrected chi connectivity index (χ3v) is 5.11. The molecule has 0 spiro atoms. The van der Waals surface area contributed by atoms with Gasteiger partial charge >= 0.3 is 6.09 Å². The first-order valence-corrected chi connectivity index (χ1v) is 11.2. The molecule has 0 aliphatic rings. The first kappa shape index (κ1) is 23.5. The van der Waals surface area contributed by atoms with Gasteiger partial charge < -0.3 is 20.1 Å². The highest BCUT2D eigenvalue weighted by Crippen LogP contribution is 2.22. The molecule has 0 bridgehead atoms. The minimum atomic E-state index is -0.826. The largest absolute Gasteiger partial charge is 0.457 e. The molecule has 1 unspecified atom stereocenters. The highest BCUT2D eigenvalue weighted by molar-refractivity contribution is 5.96. The molecule has 35 heavy (non-hydrogen) atoms. The molecule has 0 saturated carbocycles. The number of anilines is 1. The standard InChI is InChI=1S/C28H25N3O4/c32-27(30-23-11-13-24(14-12-23)35-25-15-17-29-18-16-25)26(19-21-7-3-1-4-8-21)31-28(33)34-20-22-9-5-2-6-10-22/h1-18,26H,19-20H2,(H,30,32)(H,31,33). The van der Waals surface area contributed by atoms with E-state index in [1.165, 1.54) is 0 Å². The van der Waals surface area contributed by atoms with Gasteiger partial charge in [0.05, 0.1) is 0 Å². The fourth-order valence-electron chi connectivity index (χ4n) is 3.34. The number of amides is 2. The Hall–Kier alpha value is -4.65. The Balaban J connectivity index is 1.39. The molecular formula is C28H25N3O4. The zero-order chi connectivity index (χ0) is 24.3. The molecule has 7 heteroatoms. The van der Waals surface area contributed by atoms with Gasteiger partial charge in [-0.3, -0.25) is 9.78 Å². The van der Waals surface area contributed by atoms with Crippen molar-refractivity contribution in [1.29, 1.82) is 0 Å². The summed E-state index contributed by atoms with van der Waals surface area (Å²) in [7, 11) is 0. The summed E-state index contributed by atoms with van der Waals surface area (Å²) in [4.78, 5) is 29.5. The Bertz CT molecular complexity index is 1220. The summed E-state index contributed by atoms with van der Waals surface area (Å²) < 4.78 is 11.1. The van der Waals surface area contributed by atoms with Crippen molar-refractivity contribution < 1.29 is 19.1 Å². The van der Waals surface area contributed by atoms with Crippen LogP contribution in [0.25, 0.3) is 0 Å². The minimum Gasteiger partial charge on any atom is -0.457 e. The Morgan fingerprint density at radius 2 is 1.34 bits per heavy atom. The van der Waals surface area contributed by atoms with Gasteiger partial charge in [0, 0.05) is 24.5 Å². The highest BCUT2D eigenvalue weighted by Gasteiger charge is 2.22. The first-order valence-electron chi connectivity index (χ1n) is 11.2. The molecular weight excluding hydrogens is 442 g/mol. The number of benzene rings is 3. The SMILES string of the molecule is O=C(NC(Cc1ccccc1)C(=O)Nc1ccc(Oc2ccncc2)cc1)OCc1ccccc1. The highest BCUT2D eigenvalue weighted by atomic mass is 16.5. The fourth-order valence-corrected chi connectivity index (χ4v) is 3.34. The van der Waals surface area contributed by atoms with E-state index in [-0.39, 0.29) is 12.5 Å². The average molecular weight is 468 g/mol. The molecule has 1 heterocycles. The maximum absolute atomic E-state index is 13.1. The Kier molecular flexibility index (Phi) is 8.05. The monoisotopic (exact) mass is 467 g/mol. The number of aromatic nitrogens is 1. The van der Waals surface area contributed by atoms with E-state index in [2.05, 4.69) is 15.6 Å². The van der Waals surface area contributed by atoms with Gasteiger partial charge in [0.1, 0.15) is 24.1 Å². The molecule has 4 rings (SSSR count). The zero-order valence-electron chi connectivity index (χ0n) is 19.0. The van der Waals surface area contributed by atoms with Crippen LogP contribution in [-0.4, -0.2) is 23.0 Å². The Morgan fingerprint density at radius 1 is 0.743 bits per heavy atom. The molecule has 2 N–H and O–H groups in total. The van der Waals surface area contributed by atoms with Gasteiger partial charge in [-0.2, -0.15) is 0 Å². The lowest BCUT2D eigenvalue weighted by molar-refractivity contribution is -0.118. The molecule has 0 aliphatic carbocycles. The second-order valence-corrected chi connectivity index (χ2v) is 7.75. The van der Waals surface area contributed by atoms with E-state index in [1.807, 2.05) is 60.7 Å². The van der Waals surface area contributed by atoms with Gasteiger partial charge in [0.2, 0.25) is 5.91 Å². The molecule has 0 radical (unpaired) electrons. The lowest BCUT2D eigenvalue weighted by atomic mass is 10.1. The van der Waals surface area contributed by atoms with Crippen molar-refractivity contribution in [3.8, 4) is 11.5 Å². The van der Waals surface area contributed by atoms with Crippen molar-refractivity contribution in [2.45, 2.75) is 19.1 Å². The summed E-state index contributed by atoms with van der Waals surface area (Å²) in [5.41, 5.74) is 2.35. The molecule has 0 aliphatic heterocycles. The number of rotatable bonds is 9. The molecule has 176 valence electrons. The van der Waals surface area contributed by atoms with E-state index in [0.717, 1.165) is 11.1 Å². The van der Waals surface area contributed by atoms with Crippen molar-refractivity contribution in [2.24, 2.45) is 0 Å². The molecule has 0 fully saturated rings. The number of carbonyl (C=O) groups excluding carboxylic acids is 2. The molecule has 3 aromatic carbocycles. The van der Waals surface area contributed by atoms with Crippen molar-refractivity contribution in [1.82, 2.24) is 10.3 Å². The van der Waals surface area contributed by atoms with Crippen LogP contribution >= 0.6 is 0 Å². The summed E-state index contributed by atoms with van der Waals surface area (Å²) in [5, 5.41) is 5.55. The number of ether oxygens (including phenoxy) is 2. The van der Waals surface area contributed by atoms with Gasteiger partial charge in [0.15, 0.2) is 0 Å². The van der Waals surface area contributed by atoms with Crippen LogP contribution < -0.4 is 15.4 Å². The summed E-state index contributed by atoms with van der Waals surface area (Å²) in [6, 6.07) is 28.5. The second-order valence-electron chi connectivity index (χ2n) is 7.75. The molecule has 1 atom stereocenters. The van der Waals surface area contributed by atoms with Gasteiger partial charge in [-0.1, -0.05) is 60.7 Å².